The molecule has 2 aromatic heterocycles. The highest BCUT2D eigenvalue weighted by Gasteiger charge is 2.38. The molecule has 0 saturated carbocycles. The molecule has 0 unspecified atom stereocenters. The van der Waals surface area contributed by atoms with Crippen molar-refractivity contribution in [1.82, 2.24) is 23.4 Å². The largest absolute Gasteiger partial charge is 0.493 e. The Bertz CT molecular complexity index is 1380. The van der Waals surface area contributed by atoms with Gasteiger partial charge in [-0.1, -0.05) is 0 Å². The number of sulfonamides is 1. The number of nitrogens with one attached hydrogen (secondary N) is 1. The van der Waals surface area contributed by atoms with Crippen LogP contribution in [0.1, 0.15) is 6.42 Å². The molecular weight excluding hydrogens is 553 g/mol. The van der Waals surface area contributed by atoms with E-state index in [9.17, 15) is 26.4 Å². The Balaban J connectivity index is 0.000000505. The Morgan fingerprint density at radius 1 is 1.13 bits per heavy atom. The number of methoxy groups -OCH3 is 1. The molecule has 0 radical (unpaired) electrons. The first-order chi connectivity index (χ1) is 17.9. The number of alkyl halides is 3. The Labute approximate surface area is 219 Å². The van der Waals surface area contributed by atoms with Gasteiger partial charge < -0.3 is 19.6 Å². The molecule has 1 amide bonds. The number of hydrogen-bond acceptors (Lipinski definition) is 10. The standard InChI is InChI=1S/C19H22N6O4S2.C2HF3O2/c1-29-17-3-2-7-20-19(17)25-11-9-24(10-12-25)18(26)6-8-21-31(27,28)14-4-5-15-16(13-14)23-30-22-15;3-2(4,5)1(6)7/h2-5,7,13,21H,6,8-12H2,1H3;(H,6,7). The van der Waals surface area contributed by atoms with Crippen LogP contribution in [0.2, 0.25) is 0 Å². The number of rotatable bonds is 7. The number of aliphatic carboxylic acids is 1. The minimum absolute atomic E-state index is 0.0306. The number of aromatic nitrogens is 3. The van der Waals surface area contributed by atoms with Crippen LogP contribution in [0, 0.1) is 0 Å². The molecule has 17 heteroatoms. The second kappa shape index (κ2) is 12.3. The molecular formula is C21H23F3N6O6S2. The lowest BCUT2D eigenvalue weighted by molar-refractivity contribution is -0.192. The summed E-state index contributed by atoms with van der Waals surface area (Å²) in [6.07, 6.45) is -3.28. The summed E-state index contributed by atoms with van der Waals surface area (Å²) in [6, 6.07) is 8.26. The van der Waals surface area contributed by atoms with Crippen LogP contribution in [0.15, 0.2) is 41.4 Å². The minimum atomic E-state index is -5.08. The van der Waals surface area contributed by atoms with Crippen molar-refractivity contribution in [3.8, 4) is 5.75 Å². The van der Waals surface area contributed by atoms with Gasteiger partial charge in [0, 0.05) is 45.3 Å². The van der Waals surface area contributed by atoms with Crippen LogP contribution in [0.3, 0.4) is 0 Å². The third-order valence-electron chi connectivity index (χ3n) is 5.31. The molecule has 1 aliphatic rings. The number of fused-ring (bicyclic) bond motifs is 1. The Hall–Kier alpha value is -3.57. The second-order valence-corrected chi connectivity index (χ2v) is 10.1. The molecule has 3 aromatic rings. The molecule has 38 heavy (non-hydrogen) atoms. The predicted molar refractivity (Wildman–Crippen MR) is 130 cm³/mol. The number of carboxylic acid groups (broad SMARTS) is 1. The van der Waals surface area contributed by atoms with Gasteiger partial charge in [-0.3, -0.25) is 4.79 Å². The number of anilines is 1. The van der Waals surface area contributed by atoms with Gasteiger partial charge in [-0.15, -0.1) is 0 Å². The molecule has 4 rings (SSSR count). The fraction of sp³-hybridized carbons (Fsp3) is 0.381. The molecule has 1 fully saturated rings. The average molecular weight is 577 g/mol. The molecule has 2 N–H and O–H groups in total. The van der Waals surface area contributed by atoms with Gasteiger partial charge in [0.2, 0.25) is 15.9 Å². The molecule has 3 heterocycles. The van der Waals surface area contributed by atoms with Crippen molar-refractivity contribution in [3.05, 3.63) is 36.5 Å². The zero-order chi connectivity index (χ0) is 27.9. The summed E-state index contributed by atoms with van der Waals surface area (Å²) >= 11 is 1.03. The van der Waals surface area contributed by atoms with Gasteiger partial charge >= 0.3 is 12.1 Å². The lowest BCUT2D eigenvalue weighted by atomic mass is 10.2. The molecule has 12 nitrogen and oxygen atoms in total. The van der Waals surface area contributed by atoms with Crippen molar-refractivity contribution >= 4 is 50.5 Å². The van der Waals surface area contributed by atoms with Crippen molar-refractivity contribution < 1.29 is 41.0 Å². The number of nitrogens with zero attached hydrogens (tertiary/aromatic N) is 5. The summed E-state index contributed by atoms with van der Waals surface area (Å²) in [5, 5.41) is 7.12. The van der Waals surface area contributed by atoms with E-state index >= 15 is 0 Å². The van der Waals surface area contributed by atoms with Crippen molar-refractivity contribution in [1.29, 1.82) is 0 Å². The van der Waals surface area contributed by atoms with E-state index in [1.54, 1.807) is 24.3 Å². The van der Waals surface area contributed by atoms with Crippen molar-refractivity contribution in [2.75, 3.05) is 44.7 Å². The van der Waals surface area contributed by atoms with Crippen LogP contribution in [-0.2, 0) is 19.6 Å². The van der Waals surface area contributed by atoms with E-state index in [4.69, 9.17) is 14.6 Å². The van der Waals surface area contributed by atoms with Crippen molar-refractivity contribution in [2.45, 2.75) is 17.5 Å². The predicted octanol–water partition coefficient (Wildman–Crippen LogP) is 1.75. The second-order valence-electron chi connectivity index (χ2n) is 7.76. The molecule has 1 aliphatic heterocycles. The van der Waals surface area contributed by atoms with E-state index in [0.29, 0.717) is 43.0 Å². The van der Waals surface area contributed by atoms with E-state index in [-0.39, 0.29) is 23.8 Å². The SMILES string of the molecule is COc1cccnc1N1CCN(C(=O)CCNS(=O)(=O)c2ccc3nsnc3c2)CC1.O=C(O)C(F)(F)F. The number of pyridine rings is 1. The Morgan fingerprint density at radius 3 is 2.42 bits per heavy atom. The number of hydrogen-bond donors (Lipinski definition) is 2. The Morgan fingerprint density at radius 2 is 1.79 bits per heavy atom. The fourth-order valence-corrected chi connectivity index (χ4v) is 4.98. The van der Waals surface area contributed by atoms with Gasteiger partial charge in [0.15, 0.2) is 11.6 Å². The zero-order valence-electron chi connectivity index (χ0n) is 19.9. The number of benzene rings is 1. The topological polar surface area (TPSA) is 155 Å². The normalized spacial score (nSPS) is 14.1. The average Bonchev–Trinajstić information content (AvgIpc) is 3.36. The molecule has 206 valence electrons. The Kier molecular flexibility index (Phi) is 9.40. The van der Waals surface area contributed by atoms with Crippen LogP contribution in [0.4, 0.5) is 19.0 Å². The molecule has 1 aromatic carbocycles. The van der Waals surface area contributed by atoms with Crippen molar-refractivity contribution in [3.63, 3.8) is 0 Å². The fourth-order valence-electron chi connectivity index (χ4n) is 3.41. The maximum absolute atomic E-state index is 12.5. The summed E-state index contributed by atoms with van der Waals surface area (Å²) in [6.45, 7) is 2.37. The molecule has 0 bridgehead atoms. The van der Waals surface area contributed by atoms with Crippen LogP contribution >= 0.6 is 11.7 Å². The lowest BCUT2D eigenvalue weighted by Crippen LogP contribution is -2.49. The molecule has 0 atom stereocenters. The third kappa shape index (κ3) is 7.48. The molecule has 0 spiro atoms. The zero-order valence-corrected chi connectivity index (χ0v) is 21.5. The first kappa shape index (κ1) is 29.0. The first-order valence-electron chi connectivity index (χ1n) is 11.0. The number of carbonyl (C=O) groups excluding carboxylic acids is 1. The highest BCUT2D eigenvalue weighted by molar-refractivity contribution is 7.89. The summed E-state index contributed by atoms with van der Waals surface area (Å²) < 4.78 is 72.7. The summed E-state index contributed by atoms with van der Waals surface area (Å²) in [5.41, 5.74) is 1.19. The number of carboxylic acids is 1. The molecule has 0 aliphatic carbocycles. The van der Waals surface area contributed by atoms with E-state index in [2.05, 4.69) is 23.4 Å². The highest BCUT2D eigenvalue weighted by Crippen LogP contribution is 2.25. The van der Waals surface area contributed by atoms with E-state index < -0.39 is 22.2 Å². The van der Waals surface area contributed by atoms with E-state index in [1.807, 2.05) is 12.1 Å². The van der Waals surface area contributed by atoms with Crippen molar-refractivity contribution in [2.24, 2.45) is 0 Å². The third-order valence-corrected chi connectivity index (χ3v) is 7.33. The quantitative estimate of drug-likeness (QED) is 0.425. The number of ether oxygens (including phenoxy) is 1. The number of amides is 1. The van der Waals surface area contributed by atoms with Crippen LogP contribution < -0.4 is 14.4 Å². The number of piperazine rings is 1. The van der Waals surface area contributed by atoms with Gasteiger partial charge in [0.25, 0.3) is 0 Å². The van der Waals surface area contributed by atoms with Gasteiger partial charge in [-0.2, -0.15) is 21.9 Å². The van der Waals surface area contributed by atoms with E-state index in [1.165, 1.54) is 12.1 Å². The summed E-state index contributed by atoms with van der Waals surface area (Å²) in [7, 11) is -2.12. The van der Waals surface area contributed by atoms with Gasteiger partial charge in [0.05, 0.1) is 23.7 Å². The van der Waals surface area contributed by atoms with Crippen LogP contribution in [-0.4, -0.2) is 90.0 Å². The minimum Gasteiger partial charge on any atom is -0.493 e. The lowest BCUT2D eigenvalue weighted by Gasteiger charge is -2.35. The number of carbonyl (C=O) groups is 2. The first-order valence-corrected chi connectivity index (χ1v) is 13.2. The monoisotopic (exact) mass is 576 g/mol. The van der Waals surface area contributed by atoms with Crippen LogP contribution in [0.5, 0.6) is 5.75 Å². The molecule has 1 saturated heterocycles. The van der Waals surface area contributed by atoms with Crippen LogP contribution in [0.25, 0.3) is 11.0 Å². The summed E-state index contributed by atoms with van der Waals surface area (Å²) in [4.78, 5) is 29.7. The van der Waals surface area contributed by atoms with E-state index in [0.717, 1.165) is 17.5 Å². The highest BCUT2D eigenvalue weighted by atomic mass is 32.2. The maximum atomic E-state index is 12.5. The smallest absolute Gasteiger partial charge is 0.490 e. The number of halogens is 3. The summed E-state index contributed by atoms with van der Waals surface area (Å²) in [5.74, 6) is -1.39. The van der Waals surface area contributed by atoms with Gasteiger partial charge in [0.1, 0.15) is 11.0 Å². The van der Waals surface area contributed by atoms with Gasteiger partial charge in [-0.05, 0) is 30.3 Å². The maximum Gasteiger partial charge on any atom is 0.490 e. The van der Waals surface area contributed by atoms with Gasteiger partial charge in [-0.25, -0.2) is 22.9 Å².